The van der Waals surface area contributed by atoms with Crippen LogP contribution in [0.1, 0.15) is 25.7 Å². The minimum absolute atomic E-state index is 1.07. The van der Waals surface area contributed by atoms with Crippen molar-refractivity contribution in [2.45, 2.75) is 25.7 Å². The molecule has 1 radical (unpaired) electrons. The number of rotatable bonds is 0. The molecule has 0 bridgehead atoms. The van der Waals surface area contributed by atoms with E-state index in [1.54, 1.807) is 0 Å². The molecule has 0 aromatic rings. The maximum Gasteiger partial charge on any atom is -0.0311 e. The van der Waals surface area contributed by atoms with Crippen LogP contribution in [0.2, 0.25) is 0 Å². The first-order valence-electron chi connectivity index (χ1n) is 4.95. The first-order chi connectivity index (χ1) is 6.50. The van der Waals surface area contributed by atoms with Crippen molar-refractivity contribution in [1.82, 2.24) is 0 Å². The van der Waals surface area contributed by atoms with Gasteiger partial charge in [-0.25, -0.2) is 0 Å². The molecule has 13 heavy (non-hydrogen) atoms. The smallest absolute Gasteiger partial charge is 0.0311 e. The predicted molar refractivity (Wildman–Crippen MR) is 59.3 cm³/mol. The number of allylic oxidation sites excluding steroid dienone is 8. The summed E-state index contributed by atoms with van der Waals surface area (Å²) >= 11 is 0. The van der Waals surface area contributed by atoms with Gasteiger partial charge in [-0.3, -0.25) is 0 Å². The van der Waals surface area contributed by atoms with Crippen LogP contribution in [-0.2, 0) is 0 Å². The van der Waals surface area contributed by atoms with E-state index in [1.165, 1.54) is 0 Å². The van der Waals surface area contributed by atoms with Crippen molar-refractivity contribution in [2.75, 3.05) is 0 Å². The van der Waals surface area contributed by atoms with Crippen molar-refractivity contribution < 1.29 is 0 Å². The average molecular weight is 173 g/mol. The van der Waals surface area contributed by atoms with Crippen molar-refractivity contribution in [3.8, 4) is 0 Å². The fourth-order valence-electron chi connectivity index (χ4n) is 1.16. The molecule has 0 heterocycles. The Hall–Kier alpha value is -1.04. The largest absolute Gasteiger partial charge is 0.0882 e. The summed E-state index contributed by atoms with van der Waals surface area (Å²) in [5.74, 6) is 0. The molecule has 0 aliphatic heterocycles. The number of hydrogen-bond donors (Lipinski definition) is 0. The normalized spacial score (nSPS) is 28.9. The standard InChI is InChI=1S/C13H17/c1-2-4-6-8-10-12-13-11-9-7-5-3-1/h1-6,9,12-13H,7-8,10-11H2/b2-1-,5-3+,6-4+,13-12-. The molecule has 1 aliphatic carbocycles. The van der Waals surface area contributed by atoms with Crippen molar-refractivity contribution in [3.05, 3.63) is 55.0 Å². The van der Waals surface area contributed by atoms with Gasteiger partial charge < -0.3 is 0 Å². The Morgan fingerprint density at radius 1 is 0.538 bits per heavy atom. The summed E-state index contributed by atoms with van der Waals surface area (Å²) in [6.07, 6.45) is 24.0. The van der Waals surface area contributed by atoms with Gasteiger partial charge in [-0.05, 0) is 32.1 Å². The molecule has 0 unspecified atom stereocenters. The van der Waals surface area contributed by atoms with Gasteiger partial charge in [0, 0.05) is 0 Å². The Kier molecular flexibility index (Phi) is 5.87. The molecule has 0 nitrogen and oxygen atoms in total. The average Bonchev–Trinajstić information content (AvgIpc) is 2.18. The fourth-order valence-corrected chi connectivity index (χ4v) is 1.16. The van der Waals surface area contributed by atoms with Gasteiger partial charge in [-0.15, -0.1) is 0 Å². The van der Waals surface area contributed by atoms with Crippen LogP contribution in [0, 0.1) is 6.42 Å². The summed E-state index contributed by atoms with van der Waals surface area (Å²) in [7, 11) is 0. The molecule has 0 saturated carbocycles. The zero-order valence-corrected chi connectivity index (χ0v) is 8.02. The Morgan fingerprint density at radius 2 is 1.23 bits per heavy atom. The van der Waals surface area contributed by atoms with E-state index in [9.17, 15) is 0 Å². The second-order valence-electron chi connectivity index (χ2n) is 3.05. The first kappa shape index (κ1) is 10.0. The van der Waals surface area contributed by atoms with Gasteiger partial charge in [0.25, 0.3) is 0 Å². The van der Waals surface area contributed by atoms with Crippen LogP contribution in [0.15, 0.2) is 48.6 Å². The van der Waals surface area contributed by atoms with Crippen molar-refractivity contribution >= 4 is 0 Å². The lowest BCUT2D eigenvalue weighted by Gasteiger charge is -1.89. The summed E-state index contributed by atoms with van der Waals surface area (Å²) in [6.45, 7) is 0. The van der Waals surface area contributed by atoms with Gasteiger partial charge in [-0.2, -0.15) is 0 Å². The minimum Gasteiger partial charge on any atom is -0.0882 e. The third-order valence-corrected chi connectivity index (χ3v) is 1.88. The van der Waals surface area contributed by atoms with Crippen LogP contribution in [0.3, 0.4) is 0 Å². The highest BCUT2D eigenvalue weighted by Gasteiger charge is 1.81. The second kappa shape index (κ2) is 7.60. The molecule has 0 atom stereocenters. The molecular weight excluding hydrogens is 156 g/mol. The van der Waals surface area contributed by atoms with E-state index >= 15 is 0 Å². The SMILES string of the molecule is [CH]1C/C=C\CC/C=C/C=C\C=C\C1. The van der Waals surface area contributed by atoms with Crippen molar-refractivity contribution in [2.24, 2.45) is 0 Å². The highest BCUT2D eigenvalue weighted by molar-refractivity contribution is 5.12. The Morgan fingerprint density at radius 3 is 2.15 bits per heavy atom. The lowest BCUT2D eigenvalue weighted by molar-refractivity contribution is 1.03. The minimum atomic E-state index is 1.07. The topological polar surface area (TPSA) is 0 Å². The van der Waals surface area contributed by atoms with Gasteiger partial charge in [0.2, 0.25) is 0 Å². The molecule has 0 spiro atoms. The summed E-state index contributed by atoms with van der Waals surface area (Å²) in [6, 6.07) is 0. The van der Waals surface area contributed by atoms with E-state index in [1.807, 2.05) is 0 Å². The van der Waals surface area contributed by atoms with Crippen LogP contribution in [-0.4, -0.2) is 0 Å². The third-order valence-electron chi connectivity index (χ3n) is 1.88. The van der Waals surface area contributed by atoms with Gasteiger partial charge in [0.05, 0.1) is 0 Å². The molecule has 0 heteroatoms. The van der Waals surface area contributed by atoms with Gasteiger partial charge in [-0.1, -0.05) is 48.6 Å². The van der Waals surface area contributed by atoms with Crippen molar-refractivity contribution in [3.63, 3.8) is 0 Å². The molecule has 0 saturated heterocycles. The van der Waals surface area contributed by atoms with Crippen molar-refractivity contribution in [1.29, 1.82) is 0 Å². The molecule has 0 aromatic heterocycles. The summed E-state index contributed by atoms with van der Waals surface area (Å²) < 4.78 is 0. The van der Waals surface area contributed by atoms with Crippen LogP contribution >= 0.6 is 0 Å². The van der Waals surface area contributed by atoms with Crippen LogP contribution in [0.25, 0.3) is 0 Å². The van der Waals surface area contributed by atoms with Crippen LogP contribution < -0.4 is 0 Å². The van der Waals surface area contributed by atoms with Gasteiger partial charge >= 0.3 is 0 Å². The monoisotopic (exact) mass is 173 g/mol. The molecule has 0 amide bonds. The van der Waals surface area contributed by atoms with Crippen LogP contribution in [0.4, 0.5) is 0 Å². The predicted octanol–water partition coefficient (Wildman–Crippen LogP) is 3.99. The lowest BCUT2D eigenvalue weighted by Crippen LogP contribution is -1.70. The summed E-state index contributed by atoms with van der Waals surface area (Å²) in [5.41, 5.74) is 0. The summed E-state index contributed by atoms with van der Waals surface area (Å²) in [5, 5.41) is 0. The second-order valence-corrected chi connectivity index (χ2v) is 3.05. The molecule has 0 fully saturated rings. The maximum atomic E-state index is 2.28. The molecule has 69 valence electrons. The van der Waals surface area contributed by atoms with E-state index in [0.717, 1.165) is 25.7 Å². The molecule has 1 aliphatic rings. The van der Waals surface area contributed by atoms with Gasteiger partial charge in [0.1, 0.15) is 0 Å². The Bertz CT molecular complexity index is 216. The summed E-state index contributed by atoms with van der Waals surface area (Å²) in [4.78, 5) is 0. The van der Waals surface area contributed by atoms with E-state index < -0.39 is 0 Å². The third kappa shape index (κ3) is 6.15. The van der Waals surface area contributed by atoms with E-state index in [0.29, 0.717) is 0 Å². The van der Waals surface area contributed by atoms with E-state index in [2.05, 4.69) is 55.0 Å². The number of hydrogen-bond acceptors (Lipinski definition) is 0. The molecule has 0 N–H and O–H groups in total. The van der Waals surface area contributed by atoms with E-state index in [4.69, 9.17) is 0 Å². The molecular formula is C13H17. The van der Waals surface area contributed by atoms with E-state index in [-0.39, 0.29) is 0 Å². The highest BCUT2D eigenvalue weighted by atomic mass is 13.9. The zero-order valence-electron chi connectivity index (χ0n) is 8.02. The maximum absolute atomic E-state index is 2.28. The van der Waals surface area contributed by atoms with Gasteiger partial charge in [0.15, 0.2) is 0 Å². The highest BCUT2D eigenvalue weighted by Crippen LogP contribution is 2.00. The molecule has 0 aromatic carbocycles. The Labute approximate surface area is 81.4 Å². The first-order valence-corrected chi connectivity index (χ1v) is 4.95. The fraction of sp³-hybridized carbons (Fsp3) is 0.308. The quantitative estimate of drug-likeness (QED) is 0.486. The Balaban J connectivity index is 2.38. The lowest BCUT2D eigenvalue weighted by atomic mass is 10.2. The zero-order chi connectivity index (χ0) is 9.19. The molecule has 1 rings (SSSR count). The van der Waals surface area contributed by atoms with Crippen LogP contribution in [0.5, 0.6) is 0 Å².